The van der Waals surface area contributed by atoms with E-state index in [0.29, 0.717) is 5.56 Å². The van der Waals surface area contributed by atoms with E-state index in [1.165, 1.54) is 5.01 Å². The van der Waals surface area contributed by atoms with Crippen LogP contribution in [-0.2, 0) is 4.79 Å². The molecule has 2 rings (SSSR count). The highest BCUT2D eigenvalue weighted by Gasteiger charge is 2.22. The fourth-order valence-corrected chi connectivity index (χ4v) is 2.13. The number of aromatic nitrogens is 1. The third-order valence-electron chi connectivity index (χ3n) is 3.02. The second-order valence-electron chi connectivity index (χ2n) is 4.55. The molecule has 0 aliphatic carbocycles. The van der Waals surface area contributed by atoms with E-state index in [4.69, 9.17) is 5.11 Å². The number of benzene rings is 1. The molecule has 0 aliphatic heterocycles. The minimum absolute atomic E-state index is 0.338. The van der Waals surface area contributed by atoms with E-state index in [9.17, 15) is 9.59 Å². The van der Waals surface area contributed by atoms with E-state index in [-0.39, 0.29) is 12.5 Å². The summed E-state index contributed by atoms with van der Waals surface area (Å²) in [6.45, 7) is 3.28. The molecule has 20 heavy (non-hydrogen) atoms. The van der Waals surface area contributed by atoms with Gasteiger partial charge in [0.05, 0.1) is 0 Å². The fraction of sp³-hybridized carbons (Fsp3) is 0.200. The average molecular weight is 272 g/mol. The number of carboxylic acids is 1. The number of hydrogen-bond donors (Lipinski definition) is 1. The molecule has 0 spiro atoms. The molecule has 0 unspecified atom stereocenters. The molecule has 1 aromatic heterocycles. The van der Waals surface area contributed by atoms with Gasteiger partial charge < -0.3 is 5.11 Å². The van der Waals surface area contributed by atoms with E-state index in [1.807, 2.05) is 32.0 Å². The van der Waals surface area contributed by atoms with Crippen LogP contribution in [0.4, 0.5) is 0 Å². The van der Waals surface area contributed by atoms with Crippen molar-refractivity contribution < 1.29 is 14.7 Å². The molecule has 1 heterocycles. The number of aryl methyl sites for hydroxylation is 2. The lowest BCUT2D eigenvalue weighted by Gasteiger charge is -2.25. The number of aliphatic carboxylic acids is 1. The normalized spacial score (nSPS) is 10.3. The molecule has 0 bridgehead atoms. The number of hydrogen-bond acceptors (Lipinski definition) is 2. The zero-order valence-electron chi connectivity index (χ0n) is 11.4. The van der Waals surface area contributed by atoms with Gasteiger partial charge in [-0.05, 0) is 38.1 Å². The third kappa shape index (κ3) is 2.71. The molecule has 0 aliphatic rings. The van der Waals surface area contributed by atoms with Crippen LogP contribution in [0.1, 0.15) is 21.7 Å². The lowest BCUT2D eigenvalue weighted by atomic mass is 10.2. The monoisotopic (exact) mass is 272 g/mol. The zero-order chi connectivity index (χ0) is 14.7. The van der Waals surface area contributed by atoms with Gasteiger partial charge in [0.25, 0.3) is 5.91 Å². The van der Waals surface area contributed by atoms with E-state index in [2.05, 4.69) is 0 Å². The summed E-state index contributed by atoms with van der Waals surface area (Å²) in [5, 5.41) is 10.3. The van der Waals surface area contributed by atoms with Crippen LogP contribution in [-0.4, -0.2) is 28.2 Å². The Morgan fingerprint density at radius 3 is 2.10 bits per heavy atom. The number of amides is 1. The van der Waals surface area contributed by atoms with Gasteiger partial charge in [0.15, 0.2) is 0 Å². The number of carbonyl (C=O) groups excluding carboxylic acids is 1. The maximum absolute atomic E-state index is 12.5. The van der Waals surface area contributed by atoms with Crippen molar-refractivity contribution in [2.45, 2.75) is 13.8 Å². The van der Waals surface area contributed by atoms with Crippen LogP contribution in [0.15, 0.2) is 42.5 Å². The molecule has 2 aromatic rings. The van der Waals surface area contributed by atoms with E-state index in [0.717, 1.165) is 11.4 Å². The second-order valence-corrected chi connectivity index (χ2v) is 4.55. The van der Waals surface area contributed by atoms with Crippen molar-refractivity contribution in [1.82, 2.24) is 4.68 Å². The Morgan fingerprint density at radius 2 is 1.60 bits per heavy atom. The van der Waals surface area contributed by atoms with Crippen LogP contribution in [0.5, 0.6) is 0 Å². The summed E-state index contributed by atoms with van der Waals surface area (Å²) < 4.78 is 1.63. The summed E-state index contributed by atoms with van der Waals surface area (Å²) >= 11 is 0. The molecule has 0 saturated carbocycles. The molecule has 0 saturated heterocycles. The lowest BCUT2D eigenvalue weighted by molar-refractivity contribution is -0.135. The highest BCUT2D eigenvalue weighted by molar-refractivity contribution is 6.03. The maximum atomic E-state index is 12.5. The Labute approximate surface area is 117 Å². The molecule has 0 fully saturated rings. The molecule has 104 valence electrons. The Balaban J connectivity index is 2.43. The molecule has 0 atom stereocenters. The van der Waals surface area contributed by atoms with Gasteiger partial charge in [-0.1, -0.05) is 18.2 Å². The summed E-state index contributed by atoms with van der Waals surface area (Å²) in [6.07, 6.45) is 0. The van der Waals surface area contributed by atoms with Gasteiger partial charge in [-0.2, -0.15) is 0 Å². The van der Waals surface area contributed by atoms with Gasteiger partial charge in [0.1, 0.15) is 6.54 Å². The Hall–Kier alpha value is -2.56. The number of carboxylic acid groups (broad SMARTS) is 1. The van der Waals surface area contributed by atoms with Gasteiger partial charge in [0, 0.05) is 17.0 Å². The highest BCUT2D eigenvalue weighted by atomic mass is 16.4. The van der Waals surface area contributed by atoms with Crippen LogP contribution in [0.2, 0.25) is 0 Å². The Kier molecular flexibility index (Phi) is 3.89. The summed E-state index contributed by atoms with van der Waals surface area (Å²) in [4.78, 5) is 23.6. The van der Waals surface area contributed by atoms with Gasteiger partial charge in [-0.15, -0.1) is 0 Å². The van der Waals surface area contributed by atoms with Gasteiger partial charge in [-0.25, -0.2) is 5.01 Å². The zero-order valence-corrected chi connectivity index (χ0v) is 11.4. The first-order chi connectivity index (χ1) is 9.50. The Morgan fingerprint density at radius 1 is 1.05 bits per heavy atom. The predicted molar refractivity (Wildman–Crippen MR) is 75.4 cm³/mol. The molecule has 1 amide bonds. The van der Waals surface area contributed by atoms with Crippen molar-refractivity contribution in [3.8, 4) is 0 Å². The van der Waals surface area contributed by atoms with Crippen molar-refractivity contribution in [3.63, 3.8) is 0 Å². The van der Waals surface area contributed by atoms with Gasteiger partial charge in [0.2, 0.25) is 0 Å². The van der Waals surface area contributed by atoms with Crippen molar-refractivity contribution in [3.05, 3.63) is 59.4 Å². The van der Waals surface area contributed by atoms with Crippen molar-refractivity contribution in [1.29, 1.82) is 0 Å². The first-order valence-corrected chi connectivity index (χ1v) is 6.24. The van der Waals surface area contributed by atoms with E-state index < -0.39 is 5.97 Å². The third-order valence-corrected chi connectivity index (χ3v) is 3.02. The topological polar surface area (TPSA) is 62.5 Å². The SMILES string of the molecule is Cc1ccc(C)n1N(CC(=O)O)C(=O)c1ccccc1. The van der Waals surface area contributed by atoms with Crippen LogP contribution >= 0.6 is 0 Å². The van der Waals surface area contributed by atoms with Crippen LogP contribution < -0.4 is 5.01 Å². The molecule has 1 aromatic carbocycles. The maximum Gasteiger partial charge on any atom is 0.325 e. The summed E-state index contributed by atoms with van der Waals surface area (Å²) in [5.74, 6) is -1.39. The van der Waals surface area contributed by atoms with Crippen LogP contribution in [0, 0.1) is 13.8 Å². The number of carbonyl (C=O) groups is 2. The Bertz CT molecular complexity index is 612. The summed E-state index contributed by atoms with van der Waals surface area (Å²) in [6, 6.07) is 12.4. The number of rotatable bonds is 4. The lowest BCUT2D eigenvalue weighted by Crippen LogP contribution is -2.45. The van der Waals surface area contributed by atoms with E-state index in [1.54, 1.807) is 28.9 Å². The first-order valence-electron chi connectivity index (χ1n) is 6.24. The molecule has 0 radical (unpaired) electrons. The van der Waals surface area contributed by atoms with E-state index >= 15 is 0 Å². The van der Waals surface area contributed by atoms with Gasteiger partial charge >= 0.3 is 5.97 Å². The molecule has 5 nitrogen and oxygen atoms in total. The smallest absolute Gasteiger partial charge is 0.325 e. The van der Waals surface area contributed by atoms with Crippen LogP contribution in [0.25, 0.3) is 0 Å². The molecule has 5 heteroatoms. The fourth-order valence-electron chi connectivity index (χ4n) is 2.13. The first kappa shape index (κ1) is 13.9. The minimum atomic E-state index is -1.05. The van der Waals surface area contributed by atoms with Crippen molar-refractivity contribution in [2.24, 2.45) is 0 Å². The summed E-state index contributed by atoms with van der Waals surface area (Å²) in [5.41, 5.74) is 2.09. The number of nitrogens with zero attached hydrogens (tertiary/aromatic N) is 2. The minimum Gasteiger partial charge on any atom is -0.480 e. The van der Waals surface area contributed by atoms with Gasteiger partial charge in [-0.3, -0.25) is 14.3 Å². The summed E-state index contributed by atoms with van der Waals surface area (Å²) in [7, 11) is 0. The van der Waals surface area contributed by atoms with Crippen molar-refractivity contribution >= 4 is 11.9 Å². The molecule has 1 N–H and O–H groups in total. The second kappa shape index (κ2) is 5.61. The highest BCUT2D eigenvalue weighted by Crippen LogP contribution is 2.11. The quantitative estimate of drug-likeness (QED) is 0.925. The standard InChI is InChI=1S/C15H16N2O3/c1-11-8-9-12(2)17(11)16(10-14(18)19)15(20)13-6-4-3-5-7-13/h3-9H,10H2,1-2H3,(H,18,19). The average Bonchev–Trinajstić information content (AvgIpc) is 2.76. The molecular formula is C15H16N2O3. The van der Waals surface area contributed by atoms with Crippen LogP contribution in [0.3, 0.4) is 0 Å². The molecular weight excluding hydrogens is 256 g/mol. The predicted octanol–water partition coefficient (Wildman–Crippen LogP) is 1.97. The largest absolute Gasteiger partial charge is 0.480 e. The van der Waals surface area contributed by atoms with Crippen molar-refractivity contribution in [2.75, 3.05) is 11.6 Å².